The minimum atomic E-state index is -0.315. The average Bonchev–Trinajstić information content (AvgIpc) is 3.25. The van der Waals surface area contributed by atoms with E-state index in [1.165, 1.54) is 79.0 Å². The molecule has 2 nitrogen and oxygen atoms in total. The molecule has 1 aromatic carbocycles. The van der Waals surface area contributed by atoms with E-state index in [0.717, 1.165) is 38.6 Å². The Balaban J connectivity index is 1.63. The van der Waals surface area contributed by atoms with E-state index in [4.69, 9.17) is 7.85 Å². The molecule has 3 heteroatoms. The second-order valence-corrected chi connectivity index (χ2v) is 11.1. The van der Waals surface area contributed by atoms with Gasteiger partial charge in [-0.1, -0.05) is 94.5 Å². The van der Waals surface area contributed by atoms with Crippen LogP contribution in [0.4, 0.5) is 0 Å². The minimum absolute atomic E-state index is 0.315. The van der Waals surface area contributed by atoms with Crippen LogP contribution in [0.25, 0.3) is 10.9 Å². The predicted octanol–water partition coefficient (Wildman–Crippen LogP) is 9.14. The lowest BCUT2D eigenvalue weighted by Crippen LogP contribution is -2.15. The van der Waals surface area contributed by atoms with Crippen molar-refractivity contribution in [1.82, 2.24) is 9.88 Å². The molecular formula is C33H51BN2. The van der Waals surface area contributed by atoms with Gasteiger partial charge in [-0.3, -0.25) is 0 Å². The van der Waals surface area contributed by atoms with Crippen molar-refractivity contribution < 1.29 is 0 Å². The zero-order valence-electron chi connectivity index (χ0n) is 23.7. The maximum atomic E-state index is 6.37. The molecule has 0 saturated carbocycles. The van der Waals surface area contributed by atoms with Gasteiger partial charge < -0.3 is 9.88 Å². The Hall–Kier alpha value is -2.00. The molecule has 1 heterocycles. The van der Waals surface area contributed by atoms with Gasteiger partial charge in [-0.2, -0.15) is 0 Å². The van der Waals surface area contributed by atoms with E-state index in [2.05, 4.69) is 93.1 Å². The molecule has 196 valence electrons. The number of hydrogen-bond donors (Lipinski definition) is 1. The highest BCUT2D eigenvalue weighted by Gasteiger charge is 2.10. The van der Waals surface area contributed by atoms with Crippen molar-refractivity contribution in [3.63, 3.8) is 0 Å². The fraction of sp³-hybridized carbons (Fsp3) is 0.576. The number of fused-ring (bicyclic) bond motifs is 1. The Morgan fingerprint density at radius 3 is 2.33 bits per heavy atom. The number of benzene rings is 1. The number of unbranched alkanes of at least 4 members (excludes halogenated alkanes) is 8. The summed E-state index contributed by atoms with van der Waals surface area (Å²) in [6.45, 7) is 9.82. The van der Waals surface area contributed by atoms with Crippen LogP contribution in [-0.2, 0) is 12.8 Å². The number of nitrogens with one attached hydrogen (secondary N) is 1. The first-order valence-corrected chi connectivity index (χ1v) is 14.4. The van der Waals surface area contributed by atoms with Gasteiger partial charge in [0.05, 0.1) is 7.85 Å². The fourth-order valence-corrected chi connectivity index (χ4v) is 4.79. The first kappa shape index (κ1) is 30.2. The van der Waals surface area contributed by atoms with E-state index in [1.807, 2.05) is 0 Å². The van der Waals surface area contributed by atoms with Gasteiger partial charge in [-0.05, 0) is 88.0 Å². The summed E-state index contributed by atoms with van der Waals surface area (Å²) in [5.74, 6) is 0. The molecule has 0 bridgehead atoms. The Morgan fingerprint density at radius 1 is 0.972 bits per heavy atom. The Bertz CT molecular complexity index is 948. The molecule has 2 rings (SSSR count). The first-order valence-electron chi connectivity index (χ1n) is 14.4. The van der Waals surface area contributed by atoms with Crippen LogP contribution >= 0.6 is 0 Å². The lowest BCUT2D eigenvalue weighted by molar-refractivity contribution is 0.414. The minimum Gasteiger partial charge on any atom is -0.361 e. The number of H-pyrrole nitrogens is 1. The molecule has 0 amide bonds. The van der Waals surface area contributed by atoms with Crippen LogP contribution in [0.3, 0.4) is 0 Å². The zero-order chi connectivity index (χ0) is 26.2. The van der Waals surface area contributed by atoms with Crippen molar-refractivity contribution in [2.24, 2.45) is 0 Å². The van der Waals surface area contributed by atoms with E-state index in [1.54, 1.807) is 0 Å². The molecule has 2 aromatic rings. The predicted molar refractivity (Wildman–Crippen MR) is 162 cm³/mol. The second kappa shape index (κ2) is 16.7. The van der Waals surface area contributed by atoms with Gasteiger partial charge in [0.15, 0.2) is 0 Å². The highest BCUT2D eigenvalue weighted by atomic mass is 15.0. The number of aromatic amines is 1. The quantitative estimate of drug-likeness (QED) is 0.119. The van der Waals surface area contributed by atoms with Gasteiger partial charge in [-0.15, -0.1) is 0 Å². The molecular weight excluding hydrogens is 435 g/mol. The van der Waals surface area contributed by atoms with Crippen LogP contribution in [0, 0.1) is 0 Å². The normalized spacial score (nSPS) is 13.9. The molecule has 2 radical (unpaired) electrons. The van der Waals surface area contributed by atoms with E-state index < -0.39 is 0 Å². The standard InChI is InChI=1S/C33H51BN2/c1-6-7-8-13-16-23-33(3,34)24-17-14-11-9-10-12-15-19-28(2)26-29-20-18-21-31-32(29)30(27-35-31)22-25-36(4)5/h16-18,20-21,23-24,27,35H,2,6-15,19,22,25-26H2,1,3-5H3/b23-16-,24-17-/t33-/m0/s1. The van der Waals surface area contributed by atoms with Crippen molar-refractivity contribution in [2.75, 3.05) is 20.6 Å². The van der Waals surface area contributed by atoms with Crippen LogP contribution < -0.4 is 0 Å². The smallest absolute Gasteiger partial charge is 0.0854 e. The summed E-state index contributed by atoms with van der Waals surface area (Å²) < 4.78 is 0. The molecule has 0 aliphatic carbocycles. The summed E-state index contributed by atoms with van der Waals surface area (Å²) in [5.41, 5.74) is 5.45. The van der Waals surface area contributed by atoms with E-state index in [9.17, 15) is 0 Å². The number of rotatable bonds is 19. The monoisotopic (exact) mass is 486 g/mol. The van der Waals surface area contributed by atoms with Gasteiger partial charge in [0, 0.05) is 23.6 Å². The fourth-order valence-electron chi connectivity index (χ4n) is 4.79. The summed E-state index contributed by atoms with van der Waals surface area (Å²) >= 11 is 0. The molecule has 0 unspecified atom stereocenters. The van der Waals surface area contributed by atoms with Crippen molar-refractivity contribution in [3.05, 3.63) is 72.0 Å². The third kappa shape index (κ3) is 11.8. The number of allylic oxidation sites excluding steroid dienone is 5. The Kier molecular flexibility index (Phi) is 14.0. The SMILES string of the molecule is [B][C@@](C)(/C=C\CCCCC)/C=C\CCCCCCCC(=C)Cc1cccc2[nH]cc(CCN(C)C)c12. The van der Waals surface area contributed by atoms with Crippen molar-refractivity contribution in [1.29, 1.82) is 0 Å². The number of aromatic nitrogens is 1. The van der Waals surface area contributed by atoms with E-state index in [0.29, 0.717) is 0 Å². The molecule has 1 aromatic heterocycles. The van der Waals surface area contributed by atoms with Crippen molar-refractivity contribution in [2.45, 2.75) is 103 Å². The van der Waals surface area contributed by atoms with Gasteiger partial charge in [-0.25, -0.2) is 0 Å². The summed E-state index contributed by atoms with van der Waals surface area (Å²) in [4.78, 5) is 5.72. The lowest BCUT2D eigenvalue weighted by atomic mass is 9.70. The van der Waals surface area contributed by atoms with E-state index >= 15 is 0 Å². The van der Waals surface area contributed by atoms with Gasteiger partial charge in [0.2, 0.25) is 0 Å². The van der Waals surface area contributed by atoms with Crippen molar-refractivity contribution >= 4 is 18.7 Å². The van der Waals surface area contributed by atoms with Crippen LogP contribution in [0.15, 0.2) is 60.9 Å². The molecule has 36 heavy (non-hydrogen) atoms. The van der Waals surface area contributed by atoms with Gasteiger partial charge in [0.1, 0.15) is 0 Å². The summed E-state index contributed by atoms with van der Waals surface area (Å²) in [7, 11) is 10.6. The van der Waals surface area contributed by atoms with Crippen molar-refractivity contribution in [3.8, 4) is 0 Å². The summed E-state index contributed by atoms with van der Waals surface area (Å²) in [6.07, 6.45) is 26.7. The number of hydrogen-bond acceptors (Lipinski definition) is 1. The molecule has 0 aliphatic rings. The van der Waals surface area contributed by atoms with Crippen LogP contribution in [0.2, 0.25) is 5.31 Å². The number of nitrogens with zero attached hydrogens (tertiary/aromatic N) is 1. The Morgan fingerprint density at radius 2 is 1.64 bits per heavy atom. The molecule has 1 N–H and O–H groups in total. The molecule has 0 aliphatic heterocycles. The topological polar surface area (TPSA) is 19.0 Å². The average molecular weight is 487 g/mol. The molecule has 1 atom stereocenters. The number of likely N-dealkylation sites (N-methyl/N-ethyl adjacent to an activating group) is 1. The maximum Gasteiger partial charge on any atom is 0.0854 e. The highest BCUT2D eigenvalue weighted by molar-refractivity contribution is 6.17. The van der Waals surface area contributed by atoms with Crippen LogP contribution in [-0.4, -0.2) is 38.4 Å². The third-order valence-electron chi connectivity index (χ3n) is 6.97. The lowest BCUT2D eigenvalue weighted by Gasteiger charge is -2.15. The molecule has 0 fully saturated rings. The molecule has 0 saturated heterocycles. The zero-order valence-corrected chi connectivity index (χ0v) is 23.7. The van der Waals surface area contributed by atoms with Crippen LogP contribution in [0.1, 0.15) is 95.6 Å². The largest absolute Gasteiger partial charge is 0.361 e. The second-order valence-electron chi connectivity index (χ2n) is 11.1. The Labute approximate surface area is 223 Å². The third-order valence-corrected chi connectivity index (χ3v) is 6.97. The van der Waals surface area contributed by atoms with Gasteiger partial charge >= 0.3 is 0 Å². The summed E-state index contributed by atoms with van der Waals surface area (Å²) in [6, 6.07) is 6.64. The molecule has 0 spiro atoms. The summed E-state index contributed by atoms with van der Waals surface area (Å²) in [5, 5.41) is 1.10. The first-order chi connectivity index (χ1) is 17.3. The maximum absolute atomic E-state index is 6.37. The van der Waals surface area contributed by atoms with Crippen LogP contribution in [0.5, 0.6) is 0 Å². The highest BCUT2D eigenvalue weighted by Crippen LogP contribution is 2.27. The van der Waals surface area contributed by atoms with E-state index in [-0.39, 0.29) is 5.31 Å². The van der Waals surface area contributed by atoms with Gasteiger partial charge in [0.25, 0.3) is 0 Å².